The third kappa shape index (κ3) is 4.80. The number of rotatable bonds is 6. The van der Waals surface area contributed by atoms with Gasteiger partial charge in [0.1, 0.15) is 0 Å². The quantitative estimate of drug-likeness (QED) is 0.104. The first-order valence-corrected chi connectivity index (χ1v) is 18.3. The van der Waals surface area contributed by atoms with E-state index in [0.717, 1.165) is 43.8 Å². The highest BCUT2D eigenvalue weighted by molar-refractivity contribution is 7.19. The van der Waals surface area contributed by atoms with Crippen LogP contribution in [0, 0.1) is 29.2 Å². The van der Waals surface area contributed by atoms with Crippen LogP contribution in [0.2, 0.25) is 0 Å². The fourth-order valence-corrected chi connectivity index (χ4v) is 12.2. The Kier molecular flexibility index (Phi) is 7.63. The van der Waals surface area contributed by atoms with Crippen molar-refractivity contribution in [3.63, 3.8) is 0 Å². The van der Waals surface area contributed by atoms with Gasteiger partial charge in [-0.2, -0.15) is 10.5 Å². The van der Waals surface area contributed by atoms with Crippen LogP contribution < -0.4 is 20.7 Å². The molecule has 4 nitrogen and oxygen atoms in total. The second-order valence-electron chi connectivity index (χ2n) is 12.2. The van der Waals surface area contributed by atoms with Crippen LogP contribution in [0.5, 0.6) is 0 Å². The highest BCUT2D eigenvalue weighted by atomic mass is 28.3. The monoisotopic (exact) mass is 652 g/mol. The van der Waals surface area contributed by atoms with E-state index in [1.54, 1.807) is 0 Å². The third-order valence-electron chi connectivity index (χ3n) is 9.64. The van der Waals surface area contributed by atoms with Gasteiger partial charge in [0.25, 0.3) is 0 Å². The summed E-state index contributed by atoms with van der Waals surface area (Å²) in [4.78, 5) is 3.69. The Hall–Kier alpha value is -6.97. The van der Waals surface area contributed by atoms with Gasteiger partial charge in [0.15, 0.2) is 13.8 Å². The molecule has 0 saturated heterocycles. The maximum atomic E-state index is 10.9. The van der Waals surface area contributed by atoms with Gasteiger partial charge in [0.2, 0.25) is 0 Å². The maximum Gasteiger partial charge on any atom is 0.188 e. The molecule has 0 aliphatic rings. The van der Waals surface area contributed by atoms with Crippen LogP contribution in [0.3, 0.4) is 0 Å². The van der Waals surface area contributed by atoms with Crippen molar-refractivity contribution >= 4 is 56.3 Å². The number of hydrogen-bond donors (Lipinski definition) is 0. The summed E-state index contributed by atoms with van der Waals surface area (Å²) in [6.45, 7) is 7.62. The highest BCUT2D eigenvalue weighted by Crippen LogP contribution is 2.38. The number of nitrogens with zero attached hydrogens (tertiary/aromatic N) is 4. The molecule has 1 heterocycles. The molecular formula is C45H28N4Si. The number of aromatic nitrogens is 1. The molecule has 8 aromatic rings. The molecule has 0 atom stereocenters. The zero-order chi connectivity index (χ0) is 34.1. The Morgan fingerprint density at radius 3 is 1.70 bits per heavy atom. The Balaban J connectivity index is 1.42. The zero-order valence-corrected chi connectivity index (χ0v) is 28.0. The molecule has 0 aliphatic heterocycles. The Morgan fingerprint density at radius 1 is 0.500 bits per heavy atom. The van der Waals surface area contributed by atoms with E-state index >= 15 is 0 Å². The third-order valence-corrected chi connectivity index (χ3v) is 14.4. The summed E-state index contributed by atoms with van der Waals surface area (Å²) < 4.78 is 2.18. The van der Waals surface area contributed by atoms with E-state index in [1.165, 1.54) is 15.6 Å². The van der Waals surface area contributed by atoms with Gasteiger partial charge in [-0.1, -0.05) is 127 Å². The standard InChI is InChI=1S/C45H28N4Si/c1-48-34-22-26-45-42(29-34)40-19-11-12-20-43(40)49(45)44-25-21-32(30-46)27-41(44)39-24-23-38(28-33(39)31-47)50(35-13-5-2-6-14-35,36-15-7-3-8-16-36)37-17-9-4-10-18-37/h2-29H. The van der Waals surface area contributed by atoms with Gasteiger partial charge in [-0.05, 0) is 68.6 Å². The predicted molar refractivity (Wildman–Crippen MR) is 206 cm³/mol. The molecule has 8 rings (SSSR count). The van der Waals surface area contributed by atoms with Crippen LogP contribution in [0.15, 0.2) is 170 Å². The fourth-order valence-electron chi connectivity index (χ4n) is 7.48. The van der Waals surface area contributed by atoms with E-state index in [9.17, 15) is 10.5 Å². The number of fused-ring (bicyclic) bond motifs is 3. The molecule has 0 aliphatic carbocycles. The Morgan fingerprint density at radius 2 is 1.10 bits per heavy atom. The van der Waals surface area contributed by atoms with Gasteiger partial charge in [-0.3, -0.25) is 0 Å². The smallest absolute Gasteiger partial charge is 0.188 e. The first-order chi connectivity index (χ1) is 24.7. The van der Waals surface area contributed by atoms with Crippen molar-refractivity contribution in [3.8, 4) is 29.0 Å². The maximum absolute atomic E-state index is 10.9. The number of nitriles is 2. The molecule has 0 unspecified atom stereocenters. The number of hydrogen-bond acceptors (Lipinski definition) is 2. The van der Waals surface area contributed by atoms with Gasteiger partial charge in [0, 0.05) is 16.5 Å². The van der Waals surface area contributed by atoms with Crippen molar-refractivity contribution in [2.24, 2.45) is 0 Å². The molecule has 0 fully saturated rings. The van der Waals surface area contributed by atoms with Crippen molar-refractivity contribution < 1.29 is 0 Å². The normalized spacial score (nSPS) is 11.1. The summed E-state index contributed by atoms with van der Waals surface area (Å²) >= 11 is 0. The molecule has 0 spiro atoms. The van der Waals surface area contributed by atoms with Crippen LogP contribution >= 0.6 is 0 Å². The fraction of sp³-hybridized carbons (Fsp3) is 0. The Labute approximate surface area is 291 Å². The molecule has 50 heavy (non-hydrogen) atoms. The SMILES string of the molecule is [C-]#[N+]c1ccc2c(c1)c1ccccc1n2-c1ccc(C#N)cc1-c1ccc([Si](c2ccccc2)(c2ccccc2)c2ccccc2)cc1C#N. The van der Waals surface area contributed by atoms with Crippen molar-refractivity contribution in [1.82, 2.24) is 4.57 Å². The number of para-hydroxylation sites is 1. The van der Waals surface area contributed by atoms with E-state index in [-0.39, 0.29) is 0 Å². The van der Waals surface area contributed by atoms with Crippen LogP contribution in [-0.4, -0.2) is 12.6 Å². The van der Waals surface area contributed by atoms with E-state index < -0.39 is 8.07 Å². The van der Waals surface area contributed by atoms with E-state index in [2.05, 4.69) is 125 Å². The molecule has 7 aromatic carbocycles. The molecule has 1 aromatic heterocycles. The van der Waals surface area contributed by atoms with Crippen molar-refractivity contribution in [3.05, 3.63) is 192 Å². The summed E-state index contributed by atoms with van der Waals surface area (Å²) in [5.41, 5.74) is 5.94. The van der Waals surface area contributed by atoms with Gasteiger partial charge < -0.3 is 4.57 Å². The minimum Gasteiger partial charge on any atom is -0.309 e. The van der Waals surface area contributed by atoms with Crippen LogP contribution in [0.1, 0.15) is 11.1 Å². The molecular weight excluding hydrogens is 625 g/mol. The second-order valence-corrected chi connectivity index (χ2v) is 16.0. The second kappa shape index (κ2) is 12.6. The topological polar surface area (TPSA) is 56.9 Å². The number of benzene rings is 7. The molecule has 0 saturated carbocycles. The summed E-state index contributed by atoms with van der Waals surface area (Å²) in [7, 11) is -2.87. The van der Waals surface area contributed by atoms with Crippen LogP contribution in [0.4, 0.5) is 5.69 Å². The van der Waals surface area contributed by atoms with Gasteiger partial charge in [0.05, 0.1) is 46.6 Å². The average Bonchev–Trinajstić information content (AvgIpc) is 3.52. The van der Waals surface area contributed by atoms with Crippen molar-refractivity contribution in [2.45, 2.75) is 0 Å². The van der Waals surface area contributed by atoms with E-state index in [0.29, 0.717) is 16.8 Å². The van der Waals surface area contributed by atoms with Crippen molar-refractivity contribution in [2.75, 3.05) is 0 Å². The van der Waals surface area contributed by atoms with Crippen LogP contribution in [0.25, 0.3) is 43.5 Å². The Bertz CT molecular complexity index is 2580. The lowest BCUT2D eigenvalue weighted by Crippen LogP contribution is -2.74. The zero-order valence-electron chi connectivity index (χ0n) is 27.0. The van der Waals surface area contributed by atoms with Gasteiger partial charge >= 0.3 is 0 Å². The molecule has 0 bridgehead atoms. The molecule has 0 amide bonds. The van der Waals surface area contributed by atoms with Gasteiger partial charge in [-0.25, -0.2) is 4.85 Å². The first kappa shape index (κ1) is 30.4. The lowest BCUT2D eigenvalue weighted by Gasteiger charge is -2.34. The summed E-state index contributed by atoms with van der Waals surface area (Å²) in [5, 5.41) is 27.7. The molecule has 232 valence electrons. The van der Waals surface area contributed by atoms with Crippen molar-refractivity contribution in [1.29, 1.82) is 10.5 Å². The molecule has 0 radical (unpaired) electrons. The minimum absolute atomic E-state index is 0.509. The summed E-state index contributed by atoms with van der Waals surface area (Å²) in [6, 6.07) is 62.7. The van der Waals surface area contributed by atoms with Crippen LogP contribution in [-0.2, 0) is 0 Å². The predicted octanol–water partition coefficient (Wildman–Crippen LogP) is 8.12. The average molecular weight is 653 g/mol. The largest absolute Gasteiger partial charge is 0.309 e. The lowest BCUT2D eigenvalue weighted by atomic mass is 9.96. The molecule has 0 N–H and O–H groups in total. The lowest BCUT2D eigenvalue weighted by molar-refractivity contribution is 1.18. The van der Waals surface area contributed by atoms with E-state index in [4.69, 9.17) is 6.57 Å². The summed E-state index contributed by atoms with van der Waals surface area (Å²) in [6.07, 6.45) is 0. The molecule has 5 heteroatoms. The minimum atomic E-state index is -2.87. The summed E-state index contributed by atoms with van der Waals surface area (Å²) in [5.74, 6) is 0. The van der Waals surface area contributed by atoms with Gasteiger partial charge in [-0.15, -0.1) is 0 Å². The first-order valence-electron chi connectivity index (χ1n) is 16.3. The van der Waals surface area contributed by atoms with E-state index in [1.807, 2.05) is 66.7 Å². The highest BCUT2D eigenvalue weighted by Gasteiger charge is 2.41.